The van der Waals surface area contributed by atoms with Gasteiger partial charge < -0.3 is 50.3 Å². The molecule has 10 heteroatoms. The van der Waals surface area contributed by atoms with Gasteiger partial charge in [-0.05, 0) is 0 Å². The van der Waals surface area contributed by atoms with Gasteiger partial charge in [0.25, 0.3) is 0 Å². The van der Waals surface area contributed by atoms with Gasteiger partial charge in [0.05, 0.1) is 6.61 Å². The SMILES string of the molecule is OC1COC(OC2C(O)C(O)C(O)C(O)C2O)C(O)C1O. The maximum Gasteiger partial charge on any atom is 0.186 e. The van der Waals surface area contributed by atoms with E-state index in [-0.39, 0.29) is 6.61 Å². The summed E-state index contributed by atoms with van der Waals surface area (Å²) < 4.78 is 10.0. The average Bonchev–Trinajstić information content (AvgIpc) is 2.47. The Bertz CT molecular complexity index is 338. The summed E-state index contributed by atoms with van der Waals surface area (Å²) in [5.74, 6) is 0. The molecule has 8 unspecified atom stereocenters. The molecule has 0 radical (unpaired) electrons. The van der Waals surface area contributed by atoms with Crippen molar-refractivity contribution in [3.8, 4) is 0 Å². The van der Waals surface area contributed by atoms with Gasteiger partial charge in [0.15, 0.2) is 6.29 Å². The van der Waals surface area contributed by atoms with Crippen LogP contribution in [0.3, 0.4) is 0 Å². The summed E-state index contributed by atoms with van der Waals surface area (Å²) in [5, 5.41) is 76.6. The summed E-state index contributed by atoms with van der Waals surface area (Å²) in [6.07, 6.45) is -16.4. The molecule has 1 saturated carbocycles. The topological polar surface area (TPSA) is 180 Å². The quantitative estimate of drug-likeness (QED) is 0.245. The van der Waals surface area contributed by atoms with Crippen LogP contribution < -0.4 is 0 Å². The Morgan fingerprint density at radius 3 is 1.62 bits per heavy atom. The molecule has 0 spiro atoms. The Hall–Kier alpha value is -0.400. The first-order valence-electron chi connectivity index (χ1n) is 6.47. The van der Waals surface area contributed by atoms with Crippen molar-refractivity contribution >= 4 is 0 Å². The molecule has 1 heterocycles. The van der Waals surface area contributed by atoms with E-state index in [1.54, 1.807) is 0 Å². The van der Waals surface area contributed by atoms with E-state index in [2.05, 4.69) is 0 Å². The summed E-state index contributed by atoms with van der Waals surface area (Å²) in [4.78, 5) is 0. The zero-order valence-corrected chi connectivity index (χ0v) is 10.9. The van der Waals surface area contributed by atoms with E-state index in [1.807, 2.05) is 0 Å². The average molecular weight is 312 g/mol. The highest BCUT2D eigenvalue weighted by Crippen LogP contribution is 2.27. The molecule has 0 amide bonds. The van der Waals surface area contributed by atoms with Gasteiger partial charge in [-0.25, -0.2) is 0 Å². The van der Waals surface area contributed by atoms with Crippen molar-refractivity contribution in [3.05, 3.63) is 0 Å². The van der Waals surface area contributed by atoms with Crippen LogP contribution >= 0.6 is 0 Å². The van der Waals surface area contributed by atoms with Crippen LogP contribution in [0.25, 0.3) is 0 Å². The van der Waals surface area contributed by atoms with Crippen LogP contribution in [-0.2, 0) is 9.47 Å². The van der Waals surface area contributed by atoms with Crippen molar-refractivity contribution in [2.24, 2.45) is 0 Å². The van der Waals surface area contributed by atoms with E-state index in [9.17, 15) is 40.9 Å². The highest BCUT2D eigenvalue weighted by Gasteiger charge is 2.51. The van der Waals surface area contributed by atoms with Crippen molar-refractivity contribution in [2.75, 3.05) is 6.61 Å². The molecule has 2 fully saturated rings. The molecule has 8 N–H and O–H groups in total. The van der Waals surface area contributed by atoms with E-state index in [0.717, 1.165) is 0 Å². The molecule has 0 aromatic heterocycles. The maximum atomic E-state index is 9.78. The third-order valence-electron chi connectivity index (χ3n) is 3.82. The van der Waals surface area contributed by atoms with Gasteiger partial charge in [-0.15, -0.1) is 0 Å². The number of aliphatic hydroxyl groups is 8. The minimum Gasteiger partial charge on any atom is -0.388 e. The highest BCUT2D eigenvalue weighted by molar-refractivity contribution is 5.00. The van der Waals surface area contributed by atoms with Crippen molar-refractivity contribution in [1.29, 1.82) is 0 Å². The van der Waals surface area contributed by atoms with E-state index >= 15 is 0 Å². The minimum absolute atomic E-state index is 0.352. The van der Waals surface area contributed by atoms with Crippen LogP contribution in [0.5, 0.6) is 0 Å². The molecule has 2 aliphatic rings. The zero-order chi connectivity index (χ0) is 15.9. The fraction of sp³-hybridized carbons (Fsp3) is 1.00. The Labute approximate surface area is 119 Å². The fourth-order valence-electron chi connectivity index (χ4n) is 2.41. The van der Waals surface area contributed by atoms with Crippen molar-refractivity contribution in [1.82, 2.24) is 0 Å². The smallest absolute Gasteiger partial charge is 0.186 e. The predicted octanol–water partition coefficient (Wildman–Crippen LogP) is -5.37. The summed E-state index contributed by atoms with van der Waals surface area (Å²) in [5.41, 5.74) is 0. The van der Waals surface area contributed by atoms with Gasteiger partial charge in [-0.3, -0.25) is 0 Å². The van der Waals surface area contributed by atoms with E-state index in [0.29, 0.717) is 0 Å². The molecule has 1 aliphatic heterocycles. The molecule has 124 valence electrons. The second-order valence-corrected chi connectivity index (χ2v) is 5.30. The summed E-state index contributed by atoms with van der Waals surface area (Å²) >= 11 is 0. The first-order valence-corrected chi connectivity index (χ1v) is 6.47. The predicted molar refractivity (Wildman–Crippen MR) is 62.7 cm³/mol. The molecule has 1 saturated heterocycles. The van der Waals surface area contributed by atoms with Gasteiger partial charge in [0, 0.05) is 0 Å². The monoisotopic (exact) mass is 312 g/mol. The summed E-state index contributed by atoms with van der Waals surface area (Å²) in [6.45, 7) is -0.352. The molecular formula is C11H20O10. The van der Waals surface area contributed by atoms with Crippen LogP contribution in [0.15, 0.2) is 0 Å². The van der Waals surface area contributed by atoms with Gasteiger partial charge >= 0.3 is 0 Å². The zero-order valence-electron chi connectivity index (χ0n) is 10.9. The number of hydrogen-bond acceptors (Lipinski definition) is 10. The van der Waals surface area contributed by atoms with Gasteiger partial charge in [-0.2, -0.15) is 0 Å². The Balaban J connectivity index is 2.07. The molecule has 0 aromatic carbocycles. The molecule has 1 aliphatic carbocycles. The Morgan fingerprint density at radius 2 is 1.10 bits per heavy atom. The standard InChI is InChI=1S/C11H20O10/c12-2-1-20-11(9(19)3(2)13)21-10-7(17)5(15)4(14)6(16)8(10)18/h2-19H,1H2. The Morgan fingerprint density at radius 1 is 0.619 bits per heavy atom. The molecular weight excluding hydrogens is 292 g/mol. The van der Waals surface area contributed by atoms with Gasteiger partial charge in [0.2, 0.25) is 0 Å². The fourth-order valence-corrected chi connectivity index (χ4v) is 2.41. The van der Waals surface area contributed by atoms with Crippen LogP contribution in [0.1, 0.15) is 0 Å². The maximum absolute atomic E-state index is 9.78. The second-order valence-electron chi connectivity index (χ2n) is 5.30. The minimum atomic E-state index is -1.77. The lowest BCUT2D eigenvalue weighted by Crippen LogP contribution is -2.66. The summed E-state index contributed by atoms with van der Waals surface area (Å²) in [6, 6.07) is 0. The first-order chi connectivity index (χ1) is 9.75. The third kappa shape index (κ3) is 3.05. The normalized spacial score (nSPS) is 55.4. The van der Waals surface area contributed by atoms with Crippen LogP contribution in [0.2, 0.25) is 0 Å². The van der Waals surface area contributed by atoms with Crippen molar-refractivity contribution in [2.45, 2.75) is 61.2 Å². The third-order valence-corrected chi connectivity index (χ3v) is 3.82. The summed E-state index contributed by atoms with van der Waals surface area (Å²) in [7, 11) is 0. The van der Waals surface area contributed by atoms with E-state index < -0.39 is 61.2 Å². The molecule has 10 nitrogen and oxygen atoms in total. The van der Waals surface area contributed by atoms with Gasteiger partial charge in [0.1, 0.15) is 54.9 Å². The molecule has 0 aromatic rings. The van der Waals surface area contributed by atoms with Gasteiger partial charge in [-0.1, -0.05) is 0 Å². The largest absolute Gasteiger partial charge is 0.388 e. The molecule has 0 bridgehead atoms. The van der Waals surface area contributed by atoms with Crippen LogP contribution in [0.4, 0.5) is 0 Å². The number of aliphatic hydroxyl groups excluding tert-OH is 8. The van der Waals surface area contributed by atoms with E-state index in [1.165, 1.54) is 0 Å². The number of rotatable bonds is 2. The van der Waals surface area contributed by atoms with Crippen LogP contribution in [0, 0.1) is 0 Å². The molecule has 8 atom stereocenters. The molecule has 2 rings (SSSR count). The van der Waals surface area contributed by atoms with Crippen LogP contribution in [-0.4, -0.2) is 109 Å². The highest BCUT2D eigenvalue weighted by atomic mass is 16.7. The molecule has 21 heavy (non-hydrogen) atoms. The lowest BCUT2D eigenvalue weighted by Gasteiger charge is -2.44. The van der Waals surface area contributed by atoms with Crippen molar-refractivity contribution in [3.63, 3.8) is 0 Å². The first kappa shape index (κ1) is 17.0. The lowest BCUT2D eigenvalue weighted by atomic mass is 9.85. The van der Waals surface area contributed by atoms with Crippen molar-refractivity contribution < 1.29 is 50.3 Å². The lowest BCUT2D eigenvalue weighted by molar-refractivity contribution is -0.320. The number of ether oxygens (including phenoxy) is 2. The number of hydrogen-bond donors (Lipinski definition) is 8. The van der Waals surface area contributed by atoms with E-state index in [4.69, 9.17) is 9.47 Å². The second kappa shape index (κ2) is 6.38. The Kier molecular flexibility index (Phi) is 5.15.